The smallest absolute Gasteiger partial charge is 0.261 e. The van der Waals surface area contributed by atoms with Crippen LogP contribution in [0.15, 0.2) is 53.6 Å². The highest BCUT2D eigenvalue weighted by atomic mass is 19.1. The van der Waals surface area contributed by atoms with Gasteiger partial charge in [-0.05, 0) is 42.3 Å². The number of Topliss-reactive ketones (excluding diaryl/α,β-unsaturated/α-hetero) is 1. The number of anilines is 1. The van der Waals surface area contributed by atoms with Gasteiger partial charge in [0.2, 0.25) is 5.91 Å². The Hall–Kier alpha value is -3.35. The molecule has 0 aliphatic rings. The van der Waals surface area contributed by atoms with Gasteiger partial charge in [0.25, 0.3) is 5.56 Å². The van der Waals surface area contributed by atoms with E-state index in [-0.39, 0.29) is 35.1 Å². The number of ketones is 1. The van der Waals surface area contributed by atoms with Crippen LogP contribution >= 0.6 is 0 Å². The SMILES string of the molecule is CC(C)CC(=O)Nc1ccc(C(=O)Cn2cnc3cc(F)ccc3c2=O)cc1. The second-order valence-electron chi connectivity index (χ2n) is 6.99. The van der Waals surface area contributed by atoms with E-state index in [4.69, 9.17) is 0 Å². The van der Waals surface area contributed by atoms with Gasteiger partial charge in [-0.15, -0.1) is 0 Å². The fourth-order valence-electron chi connectivity index (χ4n) is 2.81. The van der Waals surface area contributed by atoms with Gasteiger partial charge in [0.1, 0.15) is 5.82 Å². The van der Waals surface area contributed by atoms with Crippen molar-refractivity contribution in [3.05, 3.63) is 70.5 Å². The topological polar surface area (TPSA) is 81.1 Å². The quantitative estimate of drug-likeness (QED) is 0.664. The lowest BCUT2D eigenvalue weighted by Gasteiger charge is -2.09. The Balaban J connectivity index is 1.74. The maximum absolute atomic E-state index is 13.2. The van der Waals surface area contributed by atoms with Crippen molar-refractivity contribution in [2.75, 3.05) is 5.32 Å². The third-order valence-corrected chi connectivity index (χ3v) is 4.19. The Labute approximate surface area is 161 Å². The molecule has 2 aromatic carbocycles. The molecule has 0 bridgehead atoms. The largest absolute Gasteiger partial charge is 0.326 e. The standard InChI is InChI=1S/C21H20FN3O3/c1-13(2)9-20(27)24-16-6-3-14(4-7-16)19(26)11-25-12-23-18-10-15(22)5-8-17(18)21(25)28/h3-8,10,12-13H,9,11H2,1-2H3,(H,24,27). The van der Waals surface area contributed by atoms with Crippen molar-refractivity contribution in [1.29, 1.82) is 0 Å². The molecule has 1 amide bonds. The number of hydrogen-bond acceptors (Lipinski definition) is 4. The van der Waals surface area contributed by atoms with Gasteiger partial charge >= 0.3 is 0 Å². The van der Waals surface area contributed by atoms with Crippen LogP contribution in [0, 0.1) is 11.7 Å². The molecule has 1 aromatic heterocycles. The number of nitrogens with zero attached hydrogens (tertiary/aromatic N) is 2. The van der Waals surface area contributed by atoms with Gasteiger partial charge in [-0.2, -0.15) is 0 Å². The van der Waals surface area contributed by atoms with Gasteiger partial charge in [-0.25, -0.2) is 9.37 Å². The van der Waals surface area contributed by atoms with Crippen molar-refractivity contribution >= 4 is 28.3 Å². The first-order valence-corrected chi connectivity index (χ1v) is 8.91. The zero-order chi connectivity index (χ0) is 20.3. The normalized spacial score (nSPS) is 11.0. The van der Waals surface area contributed by atoms with Crippen LogP contribution in [0.2, 0.25) is 0 Å². The number of aromatic nitrogens is 2. The third-order valence-electron chi connectivity index (χ3n) is 4.19. The van der Waals surface area contributed by atoms with Crippen LogP contribution < -0.4 is 10.9 Å². The van der Waals surface area contributed by atoms with E-state index < -0.39 is 11.4 Å². The fourth-order valence-corrected chi connectivity index (χ4v) is 2.81. The van der Waals surface area contributed by atoms with Crippen LogP contribution in [0.5, 0.6) is 0 Å². The summed E-state index contributed by atoms with van der Waals surface area (Å²) in [4.78, 5) is 40.8. The number of nitrogens with one attached hydrogen (secondary N) is 1. The van der Waals surface area contributed by atoms with E-state index in [2.05, 4.69) is 10.3 Å². The molecule has 1 heterocycles. The summed E-state index contributed by atoms with van der Waals surface area (Å²) in [5, 5.41) is 3.03. The molecule has 0 saturated carbocycles. The van der Waals surface area contributed by atoms with E-state index >= 15 is 0 Å². The predicted octanol–water partition coefficient (Wildman–Crippen LogP) is 3.40. The summed E-state index contributed by atoms with van der Waals surface area (Å²) < 4.78 is 14.4. The summed E-state index contributed by atoms with van der Waals surface area (Å²) >= 11 is 0. The molecule has 0 fully saturated rings. The molecule has 28 heavy (non-hydrogen) atoms. The molecule has 0 saturated heterocycles. The van der Waals surface area contributed by atoms with Crippen LogP contribution in [0.25, 0.3) is 10.9 Å². The van der Waals surface area contributed by atoms with Crippen LogP contribution in [-0.2, 0) is 11.3 Å². The molecular weight excluding hydrogens is 361 g/mol. The van der Waals surface area contributed by atoms with Crippen molar-refractivity contribution in [2.45, 2.75) is 26.8 Å². The van der Waals surface area contributed by atoms with Crippen molar-refractivity contribution in [1.82, 2.24) is 9.55 Å². The van der Waals surface area contributed by atoms with Crippen molar-refractivity contribution in [3.8, 4) is 0 Å². The lowest BCUT2D eigenvalue weighted by Crippen LogP contribution is -2.24. The highest BCUT2D eigenvalue weighted by Crippen LogP contribution is 2.13. The number of fused-ring (bicyclic) bond motifs is 1. The number of hydrogen-bond donors (Lipinski definition) is 1. The molecule has 3 rings (SSSR count). The van der Waals surface area contributed by atoms with E-state index in [9.17, 15) is 18.8 Å². The van der Waals surface area contributed by atoms with Gasteiger partial charge in [0.05, 0.1) is 23.8 Å². The van der Waals surface area contributed by atoms with Crippen molar-refractivity contribution in [2.24, 2.45) is 5.92 Å². The van der Waals surface area contributed by atoms with Crippen LogP contribution in [0.1, 0.15) is 30.6 Å². The maximum Gasteiger partial charge on any atom is 0.261 e. The summed E-state index contributed by atoms with van der Waals surface area (Å²) in [6.07, 6.45) is 1.66. The number of carbonyl (C=O) groups is 2. The summed E-state index contributed by atoms with van der Waals surface area (Å²) in [5.41, 5.74) is 0.854. The highest BCUT2D eigenvalue weighted by molar-refractivity contribution is 5.97. The van der Waals surface area contributed by atoms with Crippen molar-refractivity contribution < 1.29 is 14.0 Å². The molecular formula is C21H20FN3O3. The first-order chi connectivity index (χ1) is 13.3. The Kier molecular flexibility index (Phi) is 5.63. The minimum absolute atomic E-state index is 0.0840. The molecule has 1 N–H and O–H groups in total. The second-order valence-corrected chi connectivity index (χ2v) is 6.99. The Morgan fingerprint density at radius 3 is 2.54 bits per heavy atom. The molecule has 0 spiro atoms. The molecule has 0 atom stereocenters. The first-order valence-electron chi connectivity index (χ1n) is 8.91. The van der Waals surface area contributed by atoms with E-state index in [1.54, 1.807) is 24.3 Å². The van der Waals surface area contributed by atoms with E-state index in [0.717, 1.165) is 0 Å². The number of halogens is 1. The zero-order valence-corrected chi connectivity index (χ0v) is 15.6. The van der Waals surface area contributed by atoms with Crippen molar-refractivity contribution in [3.63, 3.8) is 0 Å². The minimum Gasteiger partial charge on any atom is -0.326 e. The Morgan fingerprint density at radius 2 is 1.86 bits per heavy atom. The number of rotatable bonds is 6. The Bertz CT molecular complexity index is 1090. The predicted molar refractivity (Wildman–Crippen MR) is 105 cm³/mol. The molecule has 0 radical (unpaired) electrons. The summed E-state index contributed by atoms with van der Waals surface area (Å²) in [6.45, 7) is 3.74. The van der Waals surface area contributed by atoms with E-state index in [0.29, 0.717) is 17.7 Å². The highest BCUT2D eigenvalue weighted by Gasteiger charge is 2.11. The minimum atomic E-state index is -0.478. The molecule has 0 aliphatic heterocycles. The summed E-state index contributed by atoms with van der Waals surface area (Å²) in [6, 6.07) is 10.2. The van der Waals surface area contributed by atoms with Gasteiger partial charge in [-0.1, -0.05) is 13.8 Å². The zero-order valence-electron chi connectivity index (χ0n) is 15.6. The molecule has 7 heteroatoms. The fraction of sp³-hybridized carbons (Fsp3) is 0.238. The summed E-state index contributed by atoms with van der Waals surface area (Å²) in [7, 11) is 0. The molecule has 0 aliphatic carbocycles. The number of amides is 1. The molecule has 144 valence electrons. The Morgan fingerprint density at radius 1 is 1.14 bits per heavy atom. The number of benzene rings is 2. The second kappa shape index (κ2) is 8.12. The number of carbonyl (C=O) groups excluding carboxylic acids is 2. The summed E-state index contributed by atoms with van der Waals surface area (Å²) in [5.74, 6) is -0.579. The van der Waals surface area contributed by atoms with Gasteiger partial charge in [0, 0.05) is 23.7 Å². The molecule has 6 nitrogen and oxygen atoms in total. The third kappa shape index (κ3) is 4.49. The monoisotopic (exact) mass is 381 g/mol. The lowest BCUT2D eigenvalue weighted by molar-refractivity contribution is -0.116. The van der Waals surface area contributed by atoms with Crippen LogP contribution in [-0.4, -0.2) is 21.2 Å². The molecule has 3 aromatic rings. The maximum atomic E-state index is 13.2. The average Bonchev–Trinajstić information content (AvgIpc) is 2.63. The average molecular weight is 381 g/mol. The lowest BCUT2D eigenvalue weighted by atomic mass is 10.1. The first kappa shape index (κ1) is 19.4. The van der Waals surface area contributed by atoms with Crippen LogP contribution in [0.3, 0.4) is 0 Å². The van der Waals surface area contributed by atoms with Gasteiger partial charge < -0.3 is 5.32 Å². The van der Waals surface area contributed by atoms with E-state index in [1.807, 2.05) is 13.8 Å². The van der Waals surface area contributed by atoms with Gasteiger partial charge in [-0.3, -0.25) is 19.0 Å². The van der Waals surface area contributed by atoms with E-state index in [1.165, 1.54) is 29.1 Å². The molecule has 0 unspecified atom stereocenters. The van der Waals surface area contributed by atoms with Gasteiger partial charge in [0.15, 0.2) is 5.78 Å². The van der Waals surface area contributed by atoms with Crippen LogP contribution in [0.4, 0.5) is 10.1 Å².